The fourth-order valence-electron chi connectivity index (χ4n) is 3.45. The zero-order valence-corrected chi connectivity index (χ0v) is 14.2. The summed E-state index contributed by atoms with van der Waals surface area (Å²) in [4.78, 5) is 32.3. The van der Waals surface area contributed by atoms with Crippen LogP contribution in [0.2, 0.25) is 0 Å². The Labute approximate surface area is 150 Å². The molecule has 4 rings (SSSR count). The fourth-order valence-corrected chi connectivity index (χ4v) is 3.45. The Morgan fingerprint density at radius 1 is 0.962 bits per heavy atom. The number of carbonyl (C=O) groups is 2. The number of nitrogens with zero attached hydrogens (tertiary/aromatic N) is 2. The van der Waals surface area contributed by atoms with Crippen molar-refractivity contribution in [3.8, 4) is 0 Å². The van der Waals surface area contributed by atoms with E-state index in [1.807, 2.05) is 4.90 Å². The number of carbonyl (C=O) groups excluding carboxylic acids is 2. The van der Waals surface area contributed by atoms with Crippen LogP contribution in [-0.4, -0.2) is 34.5 Å². The largest absolute Gasteiger partial charge is 0.367 e. The molecule has 0 bridgehead atoms. The van der Waals surface area contributed by atoms with Gasteiger partial charge in [0.15, 0.2) is 0 Å². The lowest BCUT2D eigenvalue weighted by Crippen LogP contribution is -2.39. The van der Waals surface area contributed by atoms with Gasteiger partial charge in [-0.2, -0.15) is 0 Å². The second kappa shape index (κ2) is 6.71. The third kappa shape index (κ3) is 2.87. The minimum Gasteiger partial charge on any atom is -0.367 e. The van der Waals surface area contributed by atoms with E-state index in [2.05, 4.69) is 10.3 Å². The number of hydrogen-bond acceptors (Lipinski definition) is 5. The van der Waals surface area contributed by atoms with E-state index in [9.17, 15) is 14.0 Å². The molecule has 1 aromatic carbocycles. The molecule has 0 unspecified atom stereocenters. The van der Waals surface area contributed by atoms with Crippen LogP contribution in [0.15, 0.2) is 54.0 Å². The molecule has 26 heavy (non-hydrogen) atoms. The fraction of sp³-hybridized carbons (Fsp3) is 0.250. The van der Waals surface area contributed by atoms with E-state index in [1.54, 1.807) is 24.3 Å². The third-order valence-corrected chi connectivity index (χ3v) is 4.73. The molecule has 2 aliphatic rings. The van der Waals surface area contributed by atoms with Crippen molar-refractivity contribution >= 4 is 17.3 Å². The SMILES string of the molecule is O=C1C(Nc2ccc(F)cc2)=C(N2CCCCC2)C(=O)c2ncccc21. The molecular weight excluding hydrogens is 333 g/mol. The third-order valence-electron chi connectivity index (χ3n) is 4.73. The Bertz CT molecular complexity index is 900. The van der Waals surface area contributed by atoms with E-state index >= 15 is 0 Å². The number of anilines is 1. The van der Waals surface area contributed by atoms with E-state index < -0.39 is 0 Å². The van der Waals surface area contributed by atoms with E-state index in [4.69, 9.17) is 0 Å². The highest BCUT2D eigenvalue weighted by atomic mass is 19.1. The van der Waals surface area contributed by atoms with Crippen molar-refractivity contribution in [3.63, 3.8) is 0 Å². The Balaban J connectivity index is 1.81. The summed E-state index contributed by atoms with van der Waals surface area (Å²) in [5.74, 6) is -0.870. The molecule has 0 atom stereocenters. The summed E-state index contributed by atoms with van der Waals surface area (Å²) in [5, 5.41) is 3.05. The molecule has 0 radical (unpaired) electrons. The van der Waals surface area contributed by atoms with Gasteiger partial charge in [-0.15, -0.1) is 0 Å². The summed E-state index contributed by atoms with van der Waals surface area (Å²) in [6.45, 7) is 1.45. The van der Waals surface area contributed by atoms with Crippen molar-refractivity contribution in [3.05, 3.63) is 71.1 Å². The number of ketones is 2. The van der Waals surface area contributed by atoms with Gasteiger partial charge in [-0.05, 0) is 55.7 Å². The van der Waals surface area contributed by atoms with E-state index in [0.29, 0.717) is 16.9 Å². The molecule has 0 spiro atoms. The molecule has 2 aromatic rings. The number of halogens is 1. The van der Waals surface area contributed by atoms with Gasteiger partial charge in [0, 0.05) is 25.0 Å². The first-order chi connectivity index (χ1) is 12.6. The standard InChI is InChI=1S/C20H18FN3O2/c21-13-6-8-14(9-7-13)23-17-18(24-11-2-1-3-12-24)20(26)16-15(19(17)25)5-4-10-22-16/h4-10,23H,1-3,11-12H2. The van der Waals surface area contributed by atoms with Gasteiger partial charge < -0.3 is 10.2 Å². The van der Waals surface area contributed by atoms with Gasteiger partial charge >= 0.3 is 0 Å². The molecule has 1 saturated heterocycles. The highest BCUT2D eigenvalue weighted by Crippen LogP contribution is 2.30. The molecular formula is C20H18FN3O2. The molecule has 1 aliphatic heterocycles. The summed E-state index contributed by atoms with van der Waals surface area (Å²) in [5.41, 5.74) is 1.66. The van der Waals surface area contributed by atoms with Gasteiger partial charge in [0.2, 0.25) is 11.6 Å². The number of fused-ring (bicyclic) bond motifs is 1. The van der Waals surface area contributed by atoms with Gasteiger partial charge in [0.05, 0.1) is 5.56 Å². The van der Waals surface area contributed by atoms with Crippen LogP contribution < -0.4 is 5.32 Å². The maximum atomic E-state index is 13.2. The Morgan fingerprint density at radius 2 is 1.69 bits per heavy atom. The average molecular weight is 351 g/mol. The lowest BCUT2D eigenvalue weighted by atomic mass is 9.92. The topological polar surface area (TPSA) is 62.3 Å². The van der Waals surface area contributed by atoms with Crippen LogP contribution in [0.25, 0.3) is 0 Å². The minimum absolute atomic E-state index is 0.197. The number of benzene rings is 1. The predicted octanol–water partition coefficient (Wildman–Crippen LogP) is 3.41. The summed E-state index contributed by atoms with van der Waals surface area (Å²) >= 11 is 0. The number of piperidine rings is 1. The molecule has 5 nitrogen and oxygen atoms in total. The lowest BCUT2D eigenvalue weighted by molar-refractivity contribution is 0.0930. The van der Waals surface area contributed by atoms with Gasteiger partial charge in [0.1, 0.15) is 22.9 Å². The van der Waals surface area contributed by atoms with E-state index in [1.165, 1.54) is 18.3 Å². The molecule has 1 fully saturated rings. The minimum atomic E-state index is -0.360. The van der Waals surface area contributed by atoms with Crippen molar-refractivity contribution in [2.45, 2.75) is 19.3 Å². The second-order valence-corrected chi connectivity index (χ2v) is 6.46. The van der Waals surface area contributed by atoms with Crippen molar-refractivity contribution in [2.24, 2.45) is 0 Å². The summed E-state index contributed by atoms with van der Waals surface area (Å²) in [6.07, 6.45) is 4.59. The van der Waals surface area contributed by atoms with E-state index in [-0.39, 0.29) is 28.8 Å². The number of likely N-dealkylation sites (tertiary alicyclic amines) is 1. The quantitative estimate of drug-likeness (QED) is 0.918. The average Bonchev–Trinajstić information content (AvgIpc) is 2.68. The number of hydrogen-bond donors (Lipinski definition) is 1. The summed E-state index contributed by atoms with van der Waals surface area (Å²) in [7, 11) is 0. The van der Waals surface area contributed by atoms with Crippen molar-refractivity contribution in [1.82, 2.24) is 9.88 Å². The molecule has 1 aliphatic carbocycles. The first-order valence-electron chi connectivity index (χ1n) is 8.71. The molecule has 1 N–H and O–H groups in total. The first kappa shape index (κ1) is 16.4. The highest BCUT2D eigenvalue weighted by Gasteiger charge is 2.36. The monoisotopic (exact) mass is 351 g/mol. The van der Waals surface area contributed by atoms with Crippen molar-refractivity contribution in [1.29, 1.82) is 0 Å². The van der Waals surface area contributed by atoms with Gasteiger partial charge in [-0.3, -0.25) is 14.6 Å². The van der Waals surface area contributed by atoms with Crippen LogP contribution >= 0.6 is 0 Å². The molecule has 6 heteroatoms. The van der Waals surface area contributed by atoms with Crippen LogP contribution in [0, 0.1) is 5.82 Å². The van der Waals surface area contributed by atoms with Crippen LogP contribution in [0.3, 0.4) is 0 Å². The Hall–Kier alpha value is -3.02. The predicted molar refractivity (Wildman–Crippen MR) is 95.4 cm³/mol. The number of Topliss-reactive ketones (excluding diaryl/α,β-unsaturated/α-hetero) is 2. The van der Waals surface area contributed by atoms with Gasteiger partial charge in [0.25, 0.3) is 0 Å². The maximum Gasteiger partial charge on any atom is 0.230 e. The number of allylic oxidation sites excluding steroid dienone is 2. The zero-order valence-electron chi connectivity index (χ0n) is 14.2. The summed E-state index contributed by atoms with van der Waals surface area (Å²) in [6, 6.07) is 8.98. The van der Waals surface area contributed by atoms with Crippen LogP contribution in [0.5, 0.6) is 0 Å². The summed E-state index contributed by atoms with van der Waals surface area (Å²) < 4.78 is 13.2. The van der Waals surface area contributed by atoms with Crippen LogP contribution in [0.1, 0.15) is 40.1 Å². The number of aromatic nitrogens is 1. The van der Waals surface area contributed by atoms with Crippen molar-refractivity contribution < 1.29 is 14.0 Å². The molecule has 132 valence electrons. The van der Waals surface area contributed by atoms with Crippen LogP contribution in [0.4, 0.5) is 10.1 Å². The number of nitrogens with one attached hydrogen (secondary N) is 1. The van der Waals surface area contributed by atoms with Crippen LogP contribution in [-0.2, 0) is 0 Å². The maximum absolute atomic E-state index is 13.2. The number of rotatable bonds is 3. The number of pyridine rings is 1. The highest BCUT2D eigenvalue weighted by molar-refractivity contribution is 6.26. The molecule has 2 heterocycles. The van der Waals surface area contributed by atoms with Gasteiger partial charge in [-0.25, -0.2) is 4.39 Å². The van der Waals surface area contributed by atoms with E-state index in [0.717, 1.165) is 32.4 Å². The Kier molecular flexibility index (Phi) is 4.24. The van der Waals surface area contributed by atoms with Gasteiger partial charge in [-0.1, -0.05) is 0 Å². The zero-order chi connectivity index (χ0) is 18.1. The molecule has 0 amide bonds. The normalized spacial score (nSPS) is 17.3. The smallest absolute Gasteiger partial charge is 0.230 e. The Morgan fingerprint density at radius 3 is 2.42 bits per heavy atom. The first-order valence-corrected chi connectivity index (χ1v) is 8.71. The molecule has 0 saturated carbocycles. The molecule has 1 aromatic heterocycles. The van der Waals surface area contributed by atoms with Crippen molar-refractivity contribution in [2.75, 3.05) is 18.4 Å². The second-order valence-electron chi connectivity index (χ2n) is 6.46. The lowest BCUT2D eigenvalue weighted by Gasteiger charge is -2.33.